The van der Waals surface area contributed by atoms with Crippen LogP contribution in [-0.2, 0) is 17.1 Å². The molecule has 0 atom stereocenters. The largest absolute Gasteiger partial charge is 2.00 e. The fourth-order valence-corrected chi connectivity index (χ4v) is 0. The first-order valence-corrected chi connectivity index (χ1v) is 0. The van der Waals surface area contributed by atoms with Crippen molar-refractivity contribution in [2.24, 2.45) is 0 Å². The molecule has 0 amide bonds. The van der Waals surface area contributed by atoms with Gasteiger partial charge in [0.2, 0.25) is 0 Å². The van der Waals surface area contributed by atoms with Crippen molar-refractivity contribution in [3.05, 3.63) is 0 Å². The summed E-state index contributed by atoms with van der Waals surface area (Å²) in [6.07, 6.45) is 0. The summed E-state index contributed by atoms with van der Waals surface area (Å²) >= 11 is 0. The van der Waals surface area contributed by atoms with Gasteiger partial charge in [0.1, 0.15) is 0 Å². The Morgan fingerprint density at radius 3 is 0.600 bits per heavy atom. The molecule has 0 aliphatic rings. The Labute approximate surface area is 133 Å². The van der Waals surface area contributed by atoms with Crippen LogP contribution in [0.3, 0.4) is 0 Å². The summed E-state index contributed by atoms with van der Waals surface area (Å²) in [6.45, 7) is 0. The predicted molar refractivity (Wildman–Crippen MR) is 0 cm³/mol. The first kappa shape index (κ1) is 35.9. The quantitative estimate of drug-likeness (QED) is 0.331. The molecule has 1 radical (unpaired) electrons. The van der Waals surface area contributed by atoms with Crippen LogP contribution in [0.1, 0.15) is 0 Å². The molecule has 0 heterocycles. The van der Waals surface area contributed by atoms with Gasteiger partial charge in [0.25, 0.3) is 0 Å². The Balaban J connectivity index is 0. The molecule has 0 aliphatic carbocycles. The molecular weight excluding hydrogens is 436 g/mol. The molecule has 0 nitrogen and oxygen atoms in total. The molecule has 5 heteroatoms. The summed E-state index contributed by atoms with van der Waals surface area (Å²) in [5.41, 5.74) is 0. The van der Waals surface area contributed by atoms with E-state index in [1.165, 1.54) is 0 Å². The Kier molecular flexibility index (Phi) is 176. The molecule has 0 aromatic heterocycles. The summed E-state index contributed by atoms with van der Waals surface area (Å²) in [7, 11) is 0. The smallest absolute Gasteiger partial charge is 1.00 e. The van der Waals surface area contributed by atoms with Crippen LogP contribution in [0.2, 0.25) is 0 Å². The molecule has 0 bridgehead atoms. The fraction of sp³-hybridized carbons (Fsp3) is 0. The predicted octanol–water partition coefficient (Wildman–Crippen LogP) is -12.0. The van der Waals surface area contributed by atoms with Crippen LogP contribution in [0.4, 0.5) is 0 Å². The minimum atomic E-state index is 0. The van der Waals surface area contributed by atoms with E-state index in [-0.39, 0.29) is 137 Å². The van der Waals surface area contributed by atoms with E-state index >= 15 is 0 Å². The van der Waals surface area contributed by atoms with Gasteiger partial charge >= 0.3 is 86.0 Å². The van der Waals surface area contributed by atoms with Crippen LogP contribution < -0.4 is 120 Å². The second kappa shape index (κ2) is 24.5. The number of hydrogen-bond donors (Lipinski definition) is 0. The fourth-order valence-electron chi connectivity index (χ4n) is 0. The average Bonchev–Trinajstić information content (AvgIpc) is 0. The van der Waals surface area contributed by atoms with Crippen molar-refractivity contribution in [3.8, 4) is 0 Å². The molecule has 0 aliphatic heterocycles. The Bertz CT molecular complexity index is 6.85. The third-order valence-electron chi connectivity index (χ3n) is 0. The van der Waals surface area contributed by atoms with E-state index in [0.29, 0.717) is 0 Å². The Hall–Kier alpha value is 4.01. The minimum Gasteiger partial charge on any atom is -1.00 e. The van der Waals surface area contributed by atoms with Crippen molar-refractivity contribution in [2.45, 2.75) is 0 Å². The normalized spacial score (nSPS) is 0. The first-order valence-electron chi connectivity index (χ1n) is 0. The summed E-state index contributed by atoms with van der Waals surface area (Å²) in [6, 6.07) is 0. The maximum atomic E-state index is 0. The molecule has 33 valence electrons. The van der Waals surface area contributed by atoms with Gasteiger partial charge in [0.15, 0.2) is 0 Å². The van der Waals surface area contributed by atoms with Gasteiger partial charge in [-0.3, -0.25) is 0 Å². The number of hydrogen-bond acceptors (Lipinski definition) is 0. The minimum absolute atomic E-state index is 0. The van der Waals surface area contributed by atoms with Gasteiger partial charge < -0.3 is 50.9 Å². The van der Waals surface area contributed by atoms with Gasteiger partial charge in [-0.15, -0.1) is 0 Å². The van der Waals surface area contributed by atoms with Gasteiger partial charge in [-0.1, -0.05) is 0 Å². The monoisotopic (exact) mass is 433 g/mol. The molecule has 0 saturated carbocycles. The van der Waals surface area contributed by atoms with Gasteiger partial charge in [-0.05, 0) is 0 Å². The molecule has 0 rings (SSSR count). The van der Waals surface area contributed by atoms with Crippen LogP contribution in [0, 0.1) is 0 Å². The summed E-state index contributed by atoms with van der Waals surface area (Å²) in [5, 5.41) is 0. The van der Waals surface area contributed by atoms with Crippen molar-refractivity contribution in [1.29, 1.82) is 0 Å². The van der Waals surface area contributed by atoms with Gasteiger partial charge in [-0.2, -0.15) is 0 Å². The number of rotatable bonds is 0. The number of halogens is 3. The molecule has 0 aromatic carbocycles. The topological polar surface area (TPSA) is 0 Å². The summed E-state index contributed by atoms with van der Waals surface area (Å²) < 4.78 is 0. The van der Waals surface area contributed by atoms with E-state index in [2.05, 4.69) is 0 Å². The van der Waals surface area contributed by atoms with Crippen LogP contribution in [0.5, 0.6) is 0 Å². The van der Waals surface area contributed by atoms with Crippen LogP contribution in [-0.4, -0.2) is 0 Å². The van der Waals surface area contributed by atoms with Crippen molar-refractivity contribution in [1.82, 2.24) is 0 Å². The first-order chi connectivity index (χ1) is 0. The van der Waals surface area contributed by atoms with E-state index in [1.807, 2.05) is 0 Å². The summed E-state index contributed by atoms with van der Waals surface area (Å²) in [4.78, 5) is 0. The zero-order valence-electron chi connectivity index (χ0n) is 2.44. The van der Waals surface area contributed by atoms with E-state index in [4.69, 9.17) is 0 Å². The standard InChI is InChI=1S/3BrH.Cs.Cu/h3*1H;;/q;;;+1;+2/p-3. The molecule has 0 fully saturated rings. The van der Waals surface area contributed by atoms with Crippen LogP contribution >= 0.6 is 0 Å². The SMILES string of the molecule is [Br-].[Br-].[Br-].[Cs+].[Cu+2]. The molecular formula is Br3CsCu. The summed E-state index contributed by atoms with van der Waals surface area (Å²) in [5.74, 6) is 0. The zero-order chi connectivity index (χ0) is 0. The third-order valence-corrected chi connectivity index (χ3v) is 0. The van der Waals surface area contributed by atoms with Crippen molar-refractivity contribution in [3.63, 3.8) is 0 Å². The van der Waals surface area contributed by atoms with Crippen molar-refractivity contribution >= 4 is 0 Å². The van der Waals surface area contributed by atoms with Crippen molar-refractivity contribution < 1.29 is 137 Å². The van der Waals surface area contributed by atoms with Gasteiger partial charge in [0.05, 0.1) is 0 Å². The molecule has 5 heavy (non-hydrogen) atoms. The van der Waals surface area contributed by atoms with Gasteiger partial charge in [0, 0.05) is 0 Å². The molecule has 0 spiro atoms. The Morgan fingerprint density at radius 2 is 0.600 bits per heavy atom. The average molecular weight is 436 g/mol. The van der Waals surface area contributed by atoms with Crippen LogP contribution in [0.15, 0.2) is 0 Å². The van der Waals surface area contributed by atoms with Crippen molar-refractivity contribution in [2.75, 3.05) is 0 Å². The maximum Gasteiger partial charge on any atom is 2.00 e. The second-order valence-electron chi connectivity index (χ2n) is 0. The molecule has 0 N–H and O–H groups in total. The molecule has 0 unspecified atom stereocenters. The van der Waals surface area contributed by atoms with Gasteiger partial charge in [-0.25, -0.2) is 0 Å². The van der Waals surface area contributed by atoms with E-state index in [9.17, 15) is 0 Å². The molecule has 0 saturated heterocycles. The van der Waals surface area contributed by atoms with E-state index in [0.717, 1.165) is 0 Å². The molecule has 0 aromatic rings. The second-order valence-corrected chi connectivity index (χ2v) is 0. The Morgan fingerprint density at radius 1 is 0.600 bits per heavy atom. The van der Waals surface area contributed by atoms with E-state index < -0.39 is 0 Å². The zero-order valence-corrected chi connectivity index (χ0v) is 14.4. The van der Waals surface area contributed by atoms with Crippen LogP contribution in [0.25, 0.3) is 0 Å². The third kappa shape index (κ3) is 18.0. The maximum absolute atomic E-state index is 0. The van der Waals surface area contributed by atoms with E-state index in [1.54, 1.807) is 0 Å².